The lowest BCUT2D eigenvalue weighted by Crippen LogP contribution is -2.28. The lowest BCUT2D eigenvalue weighted by molar-refractivity contribution is -0.148. The summed E-state index contributed by atoms with van der Waals surface area (Å²) in [7, 11) is -3.74. The first-order valence-corrected chi connectivity index (χ1v) is 9.94. The highest BCUT2D eigenvalue weighted by molar-refractivity contribution is 7.91. The van der Waals surface area contributed by atoms with Crippen molar-refractivity contribution < 1.29 is 27.1 Å². The van der Waals surface area contributed by atoms with Crippen LogP contribution in [0.15, 0.2) is 53.4 Å². The van der Waals surface area contributed by atoms with E-state index in [4.69, 9.17) is 16.3 Å². The lowest BCUT2D eigenvalue weighted by atomic mass is 10.2. The van der Waals surface area contributed by atoms with Crippen molar-refractivity contribution in [2.75, 3.05) is 12.4 Å². The molecule has 0 atom stereocenters. The highest BCUT2D eigenvalue weighted by Gasteiger charge is 2.17. The van der Waals surface area contributed by atoms with Gasteiger partial charge in [0.25, 0.3) is 5.91 Å². The molecular weight excluding hydrogens is 397 g/mol. The first kappa shape index (κ1) is 20.9. The number of amides is 1. The first-order chi connectivity index (χ1) is 12.8. The number of nitrogens with one attached hydrogen (secondary N) is 1. The van der Waals surface area contributed by atoms with Gasteiger partial charge in [-0.2, -0.15) is 0 Å². The Kier molecular flexibility index (Phi) is 7.32. The third-order valence-electron chi connectivity index (χ3n) is 3.49. The van der Waals surface area contributed by atoms with E-state index in [0.717, 1.165) is 29.8 Å². The minimum atomic E-state index is -3.74. The smallest absolute Gasteiger partial charge is 0.307 e. The maximum Gasteiger partial charge on any atom is 0.307 e. The normalized spacial score (nSPS) is 11.0. The van der Waals surface area contributed by atoms with Gasteiger partial charge in [0.05, 0.1) is 17.1 Å². The zero-order valence-corrected chi connectivity index (χ0v) is 15.7. The van der Waals surface area contributed by atoms with Crippen molar-refractivity contribution in [1.82, 2.24) is 5.32 Å². The van der Waals surface area contributed by atoms with Crippen molar-refractivity contribution in [2.24, 2.45) is 0 Å². The lowest BCUT2D eigenvalue weighted by Gasteiger charge is -2.07. The summed E-state index contributed by atoms with van der Waals surface area (Å²) in [6.45, 7) is -0.300. The van der Waals surface area contributed by atoms with E-state index in [2.05, 4.69) is 5.32 Å². The molecule has 2 aromatic rings. The van der Waals surface area contributed by atoms with Gasteiger partial charge in [-0.1, -0.05) is 23.7 Å². The molecule has 0 aromatic heterocycles. The van der Waals surface area contributed by atoms with Crippen molar-refractivity contribution in [2.45, 2.75) is 17.9 Å². The van der Waals surface area contributed by atoms with Crippen LogP contribution in [0.5, 0.6) is 0 Å². The average Bonchev–Trinajstić information content (AvgIpc) is 2.63. The fourth-order valence-electron chi connectivity index (χ4n) is 2.09. The number of halogens is 2. The van der Waals surface area contributed by atoms with E-state index in [1.165, 1.54) is 0 Å². The molecule has 0 fully saturated rings. The molecule has 0 unspecified atom stereocenters. The molecule has 0 radical (unpaired) electrons. The van der Waals surface area contributed by atoms with Crippen LogP contribution in [0.2, 0.25) is 5.02 Å². The van der Waals surface area contributed by atoms with Crippen LogP contribution in [0, 0.1) is 5.82 Å². The SMILES string of the molecule is O=C(COC(=O)CCS(=O)(=O)c1ccc(F)cc1)NCc1cccc(Cl)c1. The van der Waals surface area contributed by atoms with Crippen LogP contribution in [-0.2, 0) is 30.7 Å². The fourth-order valence-corrected chi connectivity index (χ4v) is 3.53. The van der Waals surface area contributed by atoms with Crippen LogP contribution < -0.4 is 5.32 Å². The van der Waals surface area contributed by atoms with Gasteiger partial charge < -0.3 is 10.1 Å². The van der Waals surface area contributed by atoms with Gasteiger partial charge in [-0.05, 0) is 42.0 Å². The van der Waals surface area contributed by atoms with Gasteiger partial charge in [-0.15, -0.1) is 0 Å². The second-order valence-electron chi connectivity index (χ2n) is 5.59. The summed E-state index contributed by atoms with van der Waals surface area (Å²) < 4.78 is 41.7. The molecule has 0 aliphatic rings. The Hall–Kier alpha value is -2.45. The number of ether oxygens (including phenoxy) is 1. The van der Waals surface area contributed by atoms with Gasteiger partial charge >= 0.3 is 5.97 Å². The molecule has 0 heterocycles. The summed E-state index contributed by atoms with van der Waals surface area (Å²) in [4.78, 5) is 23.3. The molecule has 0 bridgehead atoms. The van der Waals surface area contributed by atoms with E-state index in [1.807, 2.05) is 0 Å². The minimum Gasteiger partial charge on any atom is -0.456 e. The second-order valence-corrected chi connectivity index (χ2v) is 8.14. The standard InChI is InChI=1S/C18H17ClFNO5S/c19-14-3-1-2-13(10-14)11-21-17(22)12-26-18(23)8-9-27(24,25)16-6-4-15(20)5-7-16/h1-7,10H,8-9,11-12H2,(H,21,22). The van der Waals surface area contributed by atoms with Gasteiger partial charge in [-0.25, -0.2) is 12.8 Å². The maximum atomic E-state index is 12.8. The highest BCUT2D eigenvalue weighted by Crippen LogP contribution is 2.13. The molecule has 2 rings (SSSR count). The number of rotatable bonds is 8. The Morgan fingerprint density at radius 3 is 2.48 bits per heavy atom. The quantitative estimate of drug-likeness (QED) is 0.530. The molecule has 9 heteroatoms. The summed E-state index contributed by atoms with van der Waals surface area (Å²) in [6.07, 6.45) is -0.415. The number of sulfone groups is 1. The molecule has 0 saturated carbocycles. The van der Waals surface area contributed by atoms with Crippen molar-refractivity contribution in [3.8, 4) is 0 Å². The number of hydrogen-bond acceptors (Lipinski definition) is 5. The minimum absolute atomic E-state index is 0.0871. The molecule has 1 N–H and O–H groups in total. The Labute approximate surface area is 161 Å². The molecule has 0 aliphatic heterocycles. The van der Waals surface area contributed by atoms with Crippen molar-refractivity contribution in [3.63, 3.8) is 0 Å². The molecule has 0 aliphatic carbocycles. The largest absolute Gasteiger partial charge is 0.456 e. The van der Waals surface area contributed by atoms with Gasteiger partial charge in [-0.3, -0.25) is 9.59 Å². The molecule has 2 aromatic carbocycles. The molecular formula is C18H17ClFNO5S. The average molecular weight is 414 g/mol. The van der Waals surface area contributed by atoms with E-state index in [0.29, 0.717) is 5.02 Å². The zero-order valence-electron chi connectivity index (χ0n) is 14.2. The van der Waals surface area contributed by atoms with E-state index in [9.17, 15) is 22.4 Å². The summed E-state index contributed by atoms with van der Waals surface area (Å²) in [5, 5.41) is 3.09. The molecule has 1 amide bonds. The van der Waals surface area contributed by atoms with E-state index in [1.54, 1.807) is 24.3 Å². The highest BCUT2D eigenvalue weighted by atomic mass is 35.5. The zero-order chi connectivity index (χ0) is 19.9. The van der Waals surface area contributed by atoms with E-state index >= 15 is 0 Å². The summed E-state index contributed by atoms with van der Waals surface area (Å²) >= 11 is 5.84. The van der Waals surface area contributed by atoms with E-state index in [-0.39, 0.29) is 11.4 Å². The maximum absolute atomic E-state index is 12.8. The predicted octanol–water partition coefficient (Wildman–Crippen LogP) is 2.50. The molecule has 27 heavy (non-hydrogen) atoms. The third-order valence-corrected chi connectivity index (χ3v) is 5.46. The molecule has 144 valence electrons. The third kappa shape index (κ3) is 6.99. The number of benzene rings is 2. The Bertz CT molecular complexity index is 916. The van der Waals surface area contributed by atoms with Gasteiger partial charge in [0.15, 0.2) is 16.4 Å². The van der Waals surface area contributed by atoms with Crippen molar-refractivity contribution in [1.29, 1.82) is 0 Å². The van der Waals surface area contributed by atoms with Gasteiger partial charge in [0.1, 0.15) is 5.82 Å². The van der Waals surface area contributed by atoms with Crippen LogP contribution >= 0.6 is 11.6 Å². The van der Waals surface area contributed by atoms with Gasteiger partial charge in [0, 0.05) is 11.6 Å². The fraction of sp³-hybridized carbons (Fsp3) is 0.222. The summed E-state index contributed by atoms with van der Waals surface area (Å²) in [6, 6.07) is 11.2. The second kappa shape index (κ2) is 9.48. The van der Waals surface area contributed by atoms with Crippen molar-refractivity contribution in [3.05, 3.63) is 64.9 Å². The van der Waals surface area contributed by atoms with Gasteiger partial charge in [0.2, 0.25) is 0 Å². The van der Waals surface area contributed by atoms with Crippen LogP contribution in [0.25, 0.3) is 0 Å². The number of carbonyl (C=O) groups is 2. The Morgan fingerprint density at radius 2 is 1.81 bits per heavy atom. The number of hydrogen-bond donors (Lipinski definition) is 1. The number of carbonyl (C=O) groups excluding carboxylic acids is 2. The van der Waals surface area contributed by atoms with Crippen LogP contribution in [-0.4, -0.2) is 32.7 Å². The van der Waals surface area contributed by atoms with Crippen LogP contribution in [0.3, 0.4) is 0 Å². The monoisotopic (exact) mass is 413 g/mol. The summed E-state index contributed by atoms with van der Waals surface area (Å²) in [5.74, 6) is -2.40. The topological polar surface area (TPSA) is 89.5 Å². The predicted molar refractivity (Wildman–Crippen MR) is 97.3 cm³/mol. The van der Waals surface area contributed by atoms with E-state index < -0.39 is 46.3 Å². The first-order valence-electron chi connectivity index (χ1n) is 7.91. The molecule has 6 nitrogen and oxygen atoms in total. The number of esters is 1. The summed E-state index contributed by atoms with van der Waals surface area (Å²) in [5.41, 5.74) is 0.785. The van der Waals surface area contributed by atoms with Crippen molar-refractivity contribution >= 4 is 33.3 Å². The van der Waals surface area contributed by atoms with Crippen LogP contribution in [0.4, 0.5) is 4.39 Å². The molecule has 0 saturated heterocycles. The van der Waals surface area contributed by atoms with Crippen LogP contribution in [0.1, 0.15) is 12.0 Å². The molecule has 0 spiro atoms. The Balaban J connectivity index is 1.73. The Morgan fingerprint density at radius 1 is 1.11 bits per heavy atom.